The fourth-order valence-electron chi connectivity index (χ4n) is 5.32. The Morgan fingerprint density at radius 2 is 1.04 bits per heavy atom. The summed E-state index contributed by atoms with van der Waals surface area (Å²) in [5, 5.41) is 3.24. The number of hydrogen-bond donors (Lipinski definition) is 0. The minimum Gasteiger partial charge on any atom is -0.376 e. The third kappa shape index (κ3) is 5.14. The van der Waals surface area contributed by atoms with Gasteiger partial charge in [-0.15, -0.1) is 0 Å². The van der Waals surface area contributed by atoms with E-state index < -0.39 is 0 Å². The first-order valence-electron chi connectivity index (χ1n) is 10.6. The van der Waals surface area contributed by atoms with E-state index in [0.717, 1.165) is 26.6 Å². The lowest BCUT2D eigenvalue weighted by atomic mass is 9.97. The molecule has 0 aromatic heterocycles. The SMILES string of the molecule is CC(C)OC1CCC([S+](C2CCCCC2)C2CCCCC2)CC1. The maximum absolute atomic E-state index is 6.11. The van der Waals surface area contributed by atoms with Gasteiger partial charge in [-0.2, -0.15) is 0 Å². The van der Waals surface area contributed by atoms with Gasteiger partial charge in [-0.05, 0) is 102 Å². The highest BCUT2D eigenvalue weighted by atomic mass is 32.2. The average Bonchev–Trinajstić information content (AvgIpc) is 2.58. The van der Waals surface area contributed by atoms with Crippen molar-refractivity contribution in [2.75, 3.05) is 0 Å². The number of hydrogen-bond acceptors (Lipinski definition) is 1. The summed E-state index contributed by atoms with van der Waals surface area (Å²) in [6, 6.07) is 0. The fourth-order valence-corrected chi connectivity index (χ4v) is 9.52. The maximum Gasteiger partial charge on any atom is 0.119 e. The molecule has 0 amide bonds. The van der Waals surface area contributed by atoms with Crippen molar-refractivity contribution < 1.29 is 4.74 Å². The zero-order valence-electron chi connectivity index (χ0n) is 15.6. The molecular formula is C21H39OS+. The summed E-state index contributed by atoms with van der Waals surface area (Å²) in [7, 11) is 0.733. The smallest absolute Gasteiger partial charge is 0.119 e. The van der Waals surface area contributed by atoms with Gasteiger partial charge in [-0.3, -0.25) is 0 Å². The second-order valence-corrected chi connectivity index (χ2v) is 11.3. The van der Waals surface area contributed by atoms with E-state index in [1.807, 2.05) is 0 Å². The van der Waals surface area contributed by atoms with Gasteiger partial charge in [0, 0.05) is 0 Å². The molecule has 0 spiro atoms. The molecule has 3 fully saturated rings. The molecule has 0 aliphatic heterocycles. The van der Waals surface area contributed by atoms with Gasteiger partial charge in [0.25, 0.3) is 0 Å². The van der Waals surface area contributed by atoms with Gasteiger partial charge < -0.3 is 4.74 Å². The van der Waals surface area contributed by atoms with Crippen LogP contribution in [0.4, 0.5) is 0 Å². The van der Waals surface area contributed by atoms with Crippen LogP contribution in [0.5, 0.6) is 0 Å². The second-order valence-electron chi connectivity index (χ2n) is 8.51. The van der Waals surface area contributed by atoms with Crippen molar-refractivity contribution in [3.05, 3.63) is 0 Å². The van der Waals surface area contributed by atoms with E-state index in [1.165, 1.54) is 64.2 Å². The molecule has 134 valence electrons. The zero-order valence-corrected chi connectivity index (χ0v) is 16.4. The third-order valence-corrected chi connectivity index (χ3v) is 10.1. The van der Waals surface area contributed by atoms with Crippen LogP contribution >= 0.6 is 0 Å². The summed E-state index contributed by atoms with van der Waals surface area (Å²) in [5.74, 6) is 0. The molecule has 0 N–H and O–H groups in total. The molecular weight excluding hydrogens is 300 g/mol. The van der Waals surface area contributed by atoms with Crippen molar-refractivity contribution in [1.82, 2.24) is 0 Å². The van der Waals surface area contributed by atoms with Crippen LogP contribution in [0, 0.1) is 0 Å². The van der Waals surface area contributed by atoms with Gasteiger partial charge in [-0.1, -0.05) is 12.8 Å². The Balaban J connectivity index is 1.61. The second kappa shape index (κ2) is 9.13. The Bertz CT molecular complexity index is 305. The van der Waals surface area contributed by atoms with Crippen LogP contribution in [0.3, 0.4) is 0 Å². The quantitative estimate of drug-likeness (QED) is 0.558. The van der Waals surface area contributed by atoms with Crippen molar-refractivity contribution in [3.8, 4) is 0 Å². The van der Waals surface area contributed by atoms with Crippen molar-refractivity contribution in [3.63, 3.8) is 0 Å². The molecule has 0 heterocycles. The van der Waals surface area contributed by atoms with Gasteiger partial charge in [0.2, 0.25) is 0 Å². The molecule has 0 saturated heterocycles. The first-order chi connectivity index (χ1) is 11.2. The molecule has 0 radical (unpaired) electrons. The Labute approximate surface area is 147 Å². The fraction of sp³-hybridized carbons (Fsp3) is 1.00. The van der Waals surface area contributed by atoms with Crippen LogP contribution < -0.4 is 0 Å². The van der Waals surface area contributed by atoms with Crippen molar-refractivity contribution in [2.24, 2.45) is 0 Å². The molecule has 3 aliphatic rings. The molecule has 0 unspecified atom stereocenters. The summed E-state index contributed by atoms with van der Waals surface area (Å²) in [4.78, 5) is 0. The lowest BCUT2D eigenvalue weighted by molar-refractivity contribution is -0.0111. The molecule has 1 nitrogen and oxygen atoms in total. The third-order valence-electron chi connectivity index (χ3n) is 6.34. The highest BCUT2D eigenvalue weighted by Crippen LogP contribution is 2.40. The lowest BCUT2D eigenvalue weighted by Gasteiger charge is -2.37. The van der Waals surface area contributed by atoms with Gasteiger partial charge in [-0.25, -0.2) is 0 Å². The Morgan fingerprint density at radius 1 is 0.609 bits per heavy atom. The van der Waals surface area contributed by atoms with Crippen LogP contribution in [0.15, 0.2) is 0 Å². The van der Waals surface area contributed by atoms with Crippen LogP contribution in [-0.4, -0.2) is 28.0 Å². The first-order valence-corrected chi connectivity index (χ1v) is 12.0. The normalized spacial score (nSPS) is 31.8. The molecule has 0 atom stereocenters. The lowest BCUT2D eigenvalue weighted by Crippen LogP contribution is -2.44. The van der Waals surface area contributed by atoms with Gasteiger partial charge in [0.05, 0.1) is 12.2 Å². The monoisotopic (exact) mass is 339 g/mol. The summed E-state index contributed by atoms with van der Waals surface area (Å²) in [6.45, 7) is 4.39. The van der Waals surface area contributed by atoms with Crippen LogP contribution in [0.25, 0.3) is 0 Å². The summed E-state index contributed by atoms with van der Waals surface area (Å²) >= 11 is 0. The van der Waals surface area contributed by atoms with E-state index in [4.69, 9.17) is 4.74 Å². The largest absolute Gasteiger partial charge is 0.376 e. The zero-order chi connectivity index (χ0) is 16.1. The van der Waals surface area contributed by atoms with E-state index in [9.17, 15) is 0 Å². The topological polar surface area (TPSA) is 9.23 Å². The van der Waals surface area contributed by atoms with Gasteiger partial charge >= 0.3 is 0 Å². The van der Waals surface area contributed by atoms with Gasteiger partial charge in [0.1, 0.15) is 15.7 Å². The minimum atomic E-state index is 0.409. The minimum absolute atomic E-state index is 0.409. The summed E-state index contributed by atoms with van der Waals surface area (Å²) < 4.78 is 6.11. The summed E-state index contributed by atoms with van der Waals surface area (Å²) in [5.41, 5.74) is 0. The molecule has 3 saturated carbocycles. The van der Waals surface area contributed by atoms with Crippen molar-refractivity contribution >= 4 is 10.9 Å². The van der Waals surface area contributed by atoms with Crippen molar-refractivity contribution in [1.29, 1.82) is 0 Å². The van der Waals surface area contributed by atoms with E-state index in [-0.39, 0.29) is 0 Å². The van der Waals surface area contributed by atoms with Gasteiger partial charge in [0.15, 0.2) is 0 Å². The average molecular weight is 340 g/mol. The molecule has 3 aliphatic carbocycles. The van der Waals surface area contributed by atoms with E-state index in [2.05, 4.69) is 13.8 Å². The Hall–Kier alpha value is 0.310. The Morgan fingerprint density at radius 3 is 1.48 bits per heavy atom. The van der Waals surface area contributed by atoms with E-state index in [1.54, 1.807) is 25.7 Å². The molecule has 0 aromatic carbocycles. The standard InChI is InChI=1S/C21H39OS/c1-17(2)22-18-13-15-21(16-14-18)23(19-9-5-3-6-10-19)20-11-7-4-8-12-20/h17-21H,3-16H2,1-2H3/q+1. The van der Waals surface area contributed by atoms with E-state index >= 15 is 0 Å². The van der Waals surface area contributed by atoms with Crippen LogP contribution in [0.2, 0.25) is 0 Å². The number of rotatable bonds is 5. The molecule has 23 heavy (non-hydrogen) atoms. The molecule has 0 bridgehead atoms. The van der Waals surface area contributed by atoms with Crippen LogP contribution in [-0.2, 0) is 15.6 Å². The van der Waals surface area contributed by atoms with Crippen LogP contribution in [0.1, 0.15) is 104 Å². The van der Waals surface area contributed by atoms with Crippen molar-refractivity contribution in [2.45, 2.75) is 132 Å². The first kappa shape index (κ1) is 18.1. The van der Waals surface area contributed by atoms with E-state index in [0.29, 0.717) is 12.2 Å². The predicted molar refractivity (Wildman–Crippen MR) is 103 cm³/mol. The predicted octanol–water partition coefficient (Wildman–Crippen LogP) is 6.01. The maximum atomic E-state index is 6.11. The Kier molecular flexibility index (Phi) is 7.19. The highest BCUT2D eigenvalue weighted by molar-refractivity contribution is 7.98. The molecule has 0 aromatic rings. The highest BCUT2D eigenvalue weighted by Gasteiger charge is 2.46. The molecule has 2 heteroatoms. The summed E-state index contributed by atoms with van der Waals surface area (Å²) in [6.07, 6.45) is 21.9. The molecule has 3 rings (SSSR count). The number of ether oxygens (including phenoxy) is 1.